The van der Waals surface area contributed by atoms with Crippen LogP contribution in [0.1, 0.15) is 42.1 Å². The molecule has 0 saturated heterocycles. The summed E-state index contributed by atoms with van der Waals surface area (Å²) in [6.07, 6.45) is 1.81. The number of hydrogen-bond donors (Lipinski definition) is 0. The average molecular weight is 672 g/mol. The van der Waals surface area contributed by atoms with E-state index >= 15 is 0 Å². The first kappa shape index (κ1) is 29.3. The molecule has 3 aromatic carbocycles. The number of aryl methyl sites for hydroxylation is 1. The molecule has 0 amide bonds. The van der Waals surface area contributed by atoms with E-state index in [2.05, 4.69) is 20.9 Å². The fourth-order valence-corrected chi connectivity index (χ4v) is 6.55. The van der Waals surface area contributed by atoms with Gasteiger partial charge in [0.1, 0.15) is 12.4 Å². The van der Waals surface area contributed by atoms with E-state index in [1.807, 2.05) is 61.5 Å². The van der Waals surface area contributed by atoms with Gasteiger partial charge in [-0.05, 0) is 78.2 Å². The van der Waals surface area contributed by atoms with E-state index in [-0.39, 0.29) is 18.8 Å². The zero-order valence-electron chi connectivity index (χ0n) is 22.4. The van der Waals surface area contributed by atoms with Crippen LogP contribution in [0.25, 0.3) is 6.08 Å². The van der Waals surface area contributed by atoms with Crippen LogP contribution in [-0.2, 0) is 16.1 Å². The first-order valence-electron chi connectivity index (χ1n) is 12.8. The molecule has 1 aliphatic heterocycles. The lowest BCUT2D eigenvalue weighted by atomic mass is 9.95. The summed E-state index contributed by atoms with van der Waals surface area (Å²) in [5.41, 5.74) is 4.16. The minimum atomic E-state index is -0.643. The van der Waals surface area contributed by atoms with Crippen LogP contribution in [0.2, 0.25) is 10.0 Å². The molecule has 0 saturated carbocycles. The van der Waals surface area contributed by atoms with E-state index in [0.29, 0.717) is 36.4 Å². The second-order valence-corrected chi connectivity index (χ2v) is 12.1. The second kappa shape index (κ2) is 12.4. The van der Waals surface area contributed by atoms with Gasteiger partial charge in [-0.1, -0.05) is 76.5 Å². The Kier molecular flexibility index (Phi) is 8.85. The van der Waals surface area contributed by atoms with Crippen molar-refractivity contribution in [3.63, 3.8) is 0 Å². The molecule has 0 spiro atoms. The number of hydrogen-bond acceptors (Lipinski definition) is 6. The van der Waals surface area contributed by atoms with Crippen molar-refractivity contribution in [2.24, 2.45) is 4.99 Å². The van der Waals surface area contributed by atoms with Gasteiger partial charge in [-0.2, -0.15) is 0 Å². The molecule has 210 valence electrons. The number of carbonyl (C=O) groups excluding carboxylic acids is 1. The lowest BCUT2D eigenvalue weighted by Gasteiger charge is -2.24. The highest BCUT2D eigenvalue weighted by Gasteiger charge is 2.33. The summed E-state index contributed by atoms with van der Waals surface area (Å²) in [5.74, 6) is 0.150. The number of fused-ring (bicyclic) bond motifs is 1. The van der Waals surface area contributed by atoms with Crippen LogP contribution < -0.4 is 19.6 Å². The minimum Gasteiger partial charge on any atom is -0.488 e. The normalized spacial score (nSPS) is 15.0. The molecule has 41 heavy (non-hydrogen) atoms. The molecule has 6 nitrogen and oxygen atoms in total. The number of allylic oxidation sites excluding steroid dienone is 1. The van der Waals surface area contributed by atoms with Crippen molar-refractivity contribution in [3.05, 3.63) is 128 Å². The first-order chi connectivity index (χ1) is 19.7. The predicted molar refractivity (Wildman–Crippen MR) is 167 cm³/mol. The van der Waals surface area contributed by atoms with Crippen LogP contribution in [-0.4, -0.2) is 17.1 Å². The molecule has 0 fully saturated rings. The topological polar surface area (TPSA) is 69.9 Å². The fourth-order valence-electron chi connectivity index (χ4n) is 4.53. The Morgan fingerprint density at radius 3 is 2.54 bits per heavy atom. The van der Waals surface area contributed by atoms with Crippen LogP contribution in [0.4, 0.5) is 0 Å². The molecule has 0 unspecified atom stereocenters. The highest BCUT2D eigenvalue weighted by molar-refractivity contribution is 9.10. The number of nitrogens with zero attached hydrogens (tertiary/aromatic N) is 2. The SMILES string of the molecule is CCOC(=O)C1=C(C)N=c2s/c(=C/c3ccc(OCc4ccc(Cl)cc4Cl)c(Br)c3)c(=O)n2[C@H]1c1ccc(C)cc1. The van der Waals surface area contributed by atoms with Crippen LogP contribution in [0.3, 0.4) is 0 Å². The number of thiazole rings is 1. The van der Waals surface area contributed by atoms with Crippen molar-refractivity contribution in [3.8, 4) is 5.75 Å². The standard InChI is InChI=1S/C31H25BrCl2N2O4S/c1-4-39-30(38)27-18(3)35-31-36(28(27)20-8-5-17(2)6-9-20)29(37)26(41-31)14-19-7-12-25(23(32)13-19)40-16-21-10-11-22(33)15-24(21)34/h5-15,28H,4,16H2,1-3H3/b26-14+/t28-/m0/s1. The summed E-state index contributed by atoms with van der Waals surface area (Å²) < 4.78 is 14.1. The summed E-state index contributed by atoms with van der Waals surface area (Å²) in [5, 5.41) is 1.10. The van der Waals surface area contributed by atoms with Crippen molar-refractivity contribution < 1.29 is 14.3 Å². The van der Waals surface area contributed by atoms with Crippen molar-refractivity contribution in [2.45, 2.75) is 33.4 Å². The molecule has 2 heterocycles. The summed E-state index contributed by atoms with van der Waals surface area (Å²) in [6, 6.07) is 18.0. The van der Waals surface area contributed by atoms with Gasteiger partial charge in [-0.15, -0.1) is 0 Å². The molecule has 1 atom stereocenters. The molecular weight excluding hydrogens is 647 g/mol. The average Bonchev–Trinajstić information content (AvgIpc) is 3.23. The molecule has 0 N–H and O–H groups in total. The largest absolute Gasteiger partial charge is 0.488 e. The summed E-state index contributed by atoms with van der Waals surface area (Å²) in [7, 11) is 0. The summed E-state index contributed by atoms with van der Waals surface area (Å²) in [6.45, 7) is 6.02. The molecule has 1 aliphatic rings. The molecule has 5 rings (SSSR count). The lowest BCUT2D eigenvalue weighted by molar-refractivity contribution is -0.139. The maximum Gasteiger partial charge on any atom is 0.338 e. The van der Waals surface area contributed by atoms with Crippen LogP contribution in [0, 0.1) is 6.92 Å². The van der Waals surface area contributed by atoms with Crippen LogP contribution >= 0.6 is 50.5 Å². The summed E-state index contributed by atoms with van der Waals surface area (Å²) in [4.78, 5) is 32.0. The number of esters is 1. The second-order valence-electron chi connectivity index (χ2n) is 9.43. The van der Waals surface area contributed by atoms with Crippen molar-refractivity contribution >= 4 is 62.5 Å². The fraction of sp³-hybridized carbons (Fsp3) is 0.194. The third-order valence-electron chi connectivity index (χ3n) is 6.56. The molecule has 1 aromatic heterocycles. The van der Waals surface area contributed by atoms with Gasteiger partial charge in [-0.3, -0.25) is 9.36 Å². The lowest BCUT2D eigenvalue weighted by Crippen LogP contribution is -2.39. The van der Waals surface area contributed by atoms with Gasteiger partial charge < -0.3 is 9.47 Å². The van der Waals surface area contributed by atoms with Gasteiger partial charge in [0.05, 0.1) is 32.9 Å². The molecule has 0 aliphatic carbocycles. The van der Waals surface area contributed by atoms with E-state index in [0.717, 1.165) is 26.7 Å². The van der Waals surface area contributed by atoms with E-state index < -0.39 is 12.0 Å². The number of carbonyl (C=O) groups is 1. The van der Waals surface area contributed by atoms with Gasteiger partial charge >= 0.3 is 5.97 Å². The Labute approximate surface area is 259 Å². The highest BCUT2D eigenvalue weighted by Crippen LogP contribution is 2.31. The Hall–Kier alpha value is -3.17. The Morgan fingerprint density at radius 1 is 1.10 bits per heavy atom. The maximum atomic E-state index is 13.8. The van der Waals surface area contributed by atoms with Gasteiger partial charge in [-0.25, -0.2) is 9.79 Å². The Balaban J connectivity index is 1.51. The quantitative estimate of drug-likeness (QED) is 0.204. The minimum absolute atomic E-state index is 0.224. The number of rotatable bonds is 7. The monoisotopic (exact) mass is 670 g/mol. The number of halogens is 3. The Bertz CT molecular complexity index is 1860. The zero-order chi connectivity index (χ0) is 29.3. The third kappa shape index (κ3) is 6.21. The molecule has 10 heteroatoms. The van der Waals surface area contributed by atoms with Gasteiger partial charge in [0.25, 0.3) is 5.56 Å². The highest BCUT2D eigenvalue weighted by atomic mass is 79.9. The molecular formula is C31H25BrCl2N2O4S. The molecule has 0 radical (unpaired) electrons. The zero-order valence-corrected chi connectivity index (χ0v) is 26.3. The van der Waals surface area contributed by atoms with Crippen molar-refractivity contribution in [1.82, 2.24) is 4.57 Å². The van der Waals surface area contributed by atoms with Gasteiger partial charge in [0.2, 0.25) is 0 Å². The van der Waals surface area contributed by atoms with E-state index in [1.54, 1.807) is 30.5 Å². The first-order valence-corrected chi connectivity index (χ1v) is 15.1. The van der Waals surface area contributed by atoms with Gasteiger partial charge in [0, 0.05) is 15.6 Å². The van der Waals surface area contributed by atoms with Gasteiger partial charge in [0.15, 0.2) is 4.80 Å². The van der Waals surface area contributed by atoms with E-state index in [4.69, 9.17) is 32.7 Å². The van der Waals surface area contributed by atoms with Crippen molar-refractivity contribution in [2.75, 3.05) is 6.61 Å². The molecule has 4 aromatic rings. The molecule has 0 bridgehead atoms. The summed E-state index contributed by atoms with van der Waals surface area (Å²) >= 11 is 17.1. The predicted octanol–water partition coefficient (Wildman–Crippen LogP) is 6.76. The van der Waals surface area contributed by atoms with E-state index in [1.165, 1.54) is 11.3 Å². The van der Waals surface area contributed by atoms with Crippen LogP contribution in [0.15, 0.2) is 86.2 Å². The number of benzene rings is 3. The Morgan fingerprint density at radius 2 is 1.85 bits per heavy atom. The van der Waals surface area contributed by atoms with Crippen LogP contribution in [0.5, 0.6) is 5.75 Å². The van der Waals surface area contributed by atoms with E-state index in [9.17, 15) is 9.59 Å². The third-order valence-corrected chi connectivity index (χ3v) is 8.75. The number of ether oxygens (including phenoxy) is 2. The number of aromatic nitrogens is 1. The smallest absolute Gasteiger partial charge is 0.338 e. The maximum absolute atomic E-state index is 13.8. The van der Waals surface area contributed by atoms with Crippen molar-refractivity contribution in [1.29, 1.82) is 0 Å².